The first-order valence-electron chi connectivity index (χ1n) is 9.79. The lowest BCUT2D eigenvalue weighted by Gasteiger charge is -2.34. The summed E-state index contributed by atoms with van der Waals surface area (Å²) in [5, 5.41) is 12.5. The fourth-order valence-electron chi connectivity index (χ4n) is 3.18. The minimum absolute atomic E-state index is 0.0783. The predicted molar refractivity (Wildman–Crippen MR) is 113 cm³/mol. The van der Waals surface area contributed by atoms with Gasteiger partial charge in [0.05, 0.1) is 24.3 Å². The lowest BCUT2D eigenvalue weighted by atomic mass is 10.2. The molecular weight excluding hydrogens is 427 g/mol. The van der Waals surface area contributed by atoms with Crippen LogP contribution in [0.25, 0.3) is 0 Å². The Hall–Kier alpha value is -2.48. The van der Waals surface area contributed by atoms with Gasteiger partial charge in [-0.25, -0.2) is 9.37 Å². The van der Waals surface area contributed by atoms with Crippen LogP contribution in [-0.2, 0) is 11.3 Å². The summed E-state index contributed by atoms with van der Waals surface area (Å²) in [4.78, 5) is 20.9. The van der Waals surface area contributed by atoms with Gasteiger partial charge in [0.1, 0.15) is 18.7 Å². The Labute approximate surface area is 184 Å². The Morgan fingerprint density at radius 2 is 2.13 bits per heavy atom. The van der Waals surface area contributed by atoms with Crippen LogP contribution >= 0.6 is 11.6 Å². The van der Waals surface area contributed by atoms with Gasteiger partial charge in [0, 0.05) is 38.4 Å². The van der Waals surface area contributed by atoms with Gasteiger partial charge in [0.25, 0.3) is 5.91 Å². The SMILES string of the molecule is C#CCOCC(O)CN1CCN(Cc2nc(C(=O)Nc3ccc(F)c(Cl)c3)co2)CC1. The van der Waals surface area contributed by atoms with Gasteiger partial charge >= 0.3 is 0 Å². The second-order valence-electron chi connectivity index (χ2n) is 7.16. The van der Waals surface area contributed by atoms with Crippen LogP contribution in [-0.4, -0.2) is 77.8 Å². The normalized spacial score (nSPS) is 16.1. The van der Waals surface area contributed by atoms with E-state index in [9.17, 15) is 14.3 Å². The standard InChI is InChI=1S/C21H24ClFN4O4/c1-2-9-30-13-16(28)11-26-5-7-27(8-6-26)12-20-25-19(14-31-20)21(29)24-15-3-4-18(23)17(22)10-15/h1,3-4,10,14,16,28H,5-9,11-13H2,(H,24,29). The molecule has 1 saturated heterocycles. The van der Waals surface area contributed by atoms with E-state index in [2.05, 4.69) is 26.0 Å². The number of aliphatic hydroxyl groups excluding tert-OH is 1. The number of rotatable bonds is 9. The molecule has 0 bridgehead atoms. The molecule has 1 aliphatic rings. The molecule has 1 aromatic carbocycles. The van der Waals surface area contributed by atoms with Gasteiger partial charge in [-0.1, -0.05) is 17.5 Å². The number of terminal acetylenes is 1. The highest BCUT2D eigenvalue weighted by molar-refractivity contribution is 6.31. The second kappa shape index (κ2) is 11.2. The number of amides is 1. The highest BCUT2D eigenvalue weighted by Crippen LogP contribution is 2.20. The molecule has 166 valence electrons. The number of anilines is 1. The molecule has 1 fully saturated rings. The van der Waals surface area contributed by atoms with Crippen molar-refractivity contribution in [1.82, 2.24) is 14.8 Å². The zero-order chi connectivity index (χ0) is 22.2. The molecule has 1 aromatic heterocycles. The summed E-state index contributed by atoms with van der Waals surface area (Å²) in [6.07, 6.45) is 5.83. The summed E-state index contributed by atoms with van der Waals surface area (Å²) in [7, 11) is 0. The van der Waals surface area contributed by atoms with Gasteiger partial charge in [0.2, 0.25) is 5.89 Å². The fraction of sp³-hybridized carbons (Fsp3) is 0.429. The van der Waals surface area contributed by atoms with E-state index < -0.39 is 17.8 Å². The van der Waals surface area contributed by atoms with Crippen LogP contribution in [0.3, 0.4) is 0 Å². The zero-order valence-electron chi connectivity index (χ0n) is 16.9. The van der Waals surface area contributed by atoms with Crippen molar-refractivity contribution in [1.29, 1.82) is 0 Å². The number of halogens is 2. The Morgan fingerprint density at radius 3 is 2.84 bits per heavy atom. The number of hydrogen-bond donors (Lipinski definition) is 2. The molecule has 10 heteroatoms. The number of carbonyl (C=O) groups is 1. The molecule has 1 atom stereocenters. The summed E-state index contributed by atoms with van der Waals surface area (Å²) < 4.78 is 23.8. The summed E-state index contributed by atoms with van der Waals surface area (Å²) >= 11 is 5.73. The lowest BCUT2D eigenvalue weighted by Crippen LogP contribution is -2.48. The molecule has 0 radical (unpaired) electrons. The number of aliphatic hydroxyl groups is 1. The maximum atomic E-state index is 13.2. The average molecular weight is 451 g/mol. The Morgan fingerprint density at radius 1 is 1.39 bits per heavy atom. The first kappa shape index (κ1) is 23.2. The number of hydrogen-bond acceptors (Lipinski definition) is 7. The molecule has 2 N–H and O–H groups in total. The number of carbonyl (C=O) groups excluding carboxylic acids is 1. The van der Waals surface area contributed by atoms with Crippen molar-refractivity contribution in [3.8, 4) is 12.3 Å². The van der Waals surface area contributed by atoms with Crippen molar-refractivity contribution in [3.63, 3.8) is 0 Å². The molecule has 1 aliphatic heterocycles. The number of aromatic nitrogens is 1. The van der Waals surface area contributed by atoms with E-state index in [-0.39, 0.29) is 23.9 Å². The quantitative estimate of drug-likeness (QED) is 0.445. The van der Waals surface area contributed by atoms with Crippen molar-refractivity contribution in [2.75, 3.05) is 51.3 Å². The molecule has 8 nitrogen and oxygen atoms in total. The first-order valence-corrected chi connectivity index (χ1v) is 10.2. The summed E-state index contributed by atoms with van der Waals surface area (Å²) in [5.41, 5.74) is 0.494. The summed E-state index contributed by atoms with van der Waals surface area (Å²) in [6.45, 7) is 4.52. The third kappa shape index (κ3) is 7.02. The average Bonchev–Trinajstić information content (AvgIpc) is 3.21. The van der Waals surface area contributed by atoms with E-state index in [1.54, 1.807) is 0 Å². The zero-order valence-corrected chi connectivity index (χ0v) is 17.6. The van der Waals surface area contributed by atoms with E-state index in [1.165, 1.54) is 24.5 Å². The van der Waals surface area contributed by atoms with E-state index >= 15 is 0 Å². The predicted octanol–water partition coefficient (Wildman–Crippen LogP) is 1.85. The van der Waals surface area contributed by atoms with Crippen LogP contribution in [0.1, 0.15) is 16.4 Å². The van der Waals surface area contributed by atoms with Gasteiger partial charge < -0.3 is 19.6 Å². The number of nitrogens with zero attached hydrogens (tertiary/aromatic N) is 3. The third-order valence-corrected chi connectivity index (χ3v) is 5.04. The van der Waals surface area contributed by atoms with Gasteiger partial charge in [0.15, 0.2) is 5.69 Å². The molecule has 3 rings (SSSR count). The van der Waals surface area contributed by atoms with Crippen molar-refractivity contribution < 1.29 is 23.4 Å². The smallest absolute Gasteiger partial charge is 0.277 e. The van der Waals surface area contributed by atoms with Crippen molar-refractivity contribution in [2.24, 2.45) is 0 Å². The number of benzene rings is 1. The first-order chi connectivity index (χ1) is 14.9. The molecular formula is C21H24ClFN4O4. The largest absolute Gasteiger partial charge is 0.447 e. The molecule has 0 aliphatic carbocycles. The summed E-state index contributed by atoms with van der Waals surface area (Å²) in [6, 6.07) is 3.92. The maximum Gasteiger partial charge on any atom is 0.277 e. The number of nitrogens with one attached hydrogen (secondary N) is 1. The number of oxazole rings is 1. The molecule has 2 aromatic rings. The van der Waals surface area contributed by atoms with Crippen LogP contribution < -0.4 is 5.32 Å². The number of ether oxygens (including phenoxy) is 1. The van der Waals surface area contributed by atoms with Crippen LogP contribution in [0.2, 0.25) is 5.02 Å². The summed E-state index contributed by atoms with van der Waals surface area (Å²) in [5.74, 6) is 1.77. The van der Waals surface area contributed by atoms with E-state index in [0.29, 0.717) is 24.7 Å². The van der Waals surface area contributed by atoms with E-state index in [4.69, 9.17) is 27.2 Å². The second-order valence-corrected chi connectivity index (χ2v) is 7.57. The monoisotopic (exact) mass is 450 g/mol. The highest BCUT2D eigenvalue weighted by atomic mass is 35.5. The van der Waals surface area contributed by atoms with Gasteiger partial charge in [-0.05, 0) is 18.2 Å². The Bertz CT molecular complexity index is 924. The van der Waals surface area contributed by atoms with Gasteiger partial charge in [-0.2, -0.15) is 0 Å². The minimum atomic E-state index is -0.580. The Balaban J connectivity index is 1.43. The van der Waals surface area contributed by atoms with Gasteiger partial charge in [-0.15, -0.1) is 6.42 Å². The Kier molecular flexibility index (Phi) is 8.40. The van der Waals surface area contributed by atoms with E-state index in [0.717, 1.165) is 26.2 Å². The molecule has 31 heavy (non-hydrogen) atoms. The van der Waals surface area contributed by atoms with Crippen LogP contribution in [0, 0.1) is 18.2 Å². The van der Waals surface area contributed by atoms with Crippen molar-refractivity contribution >= 4 is 23.2 Å². The molecule has 0 saturated carbocycles. The molecule has 0 spiro atoms. The minimum Gasteiger partial charge on any atom is -0.447 e. The topological polar surface area (TPSA) is 91.1 Å². The number of piperazine rings is 1. The van der Waals surface area contributed by atoms with Crippen molar-refractivity contribution in [3.05, 3.63) is 46.9 Å². The van der Waals surface area contributed by atoms with E-state index in [1.807, 2.05) is 0 Å². The fourth-order valence-corrected chi connectivity index (χ4v) is 3.36. The van der Waals surface area contributed by atoms with Crippen LogP contribution in [0.15, 0.2) is 28.9 Å². The van der Waals surface area contributed by atoms with Crippen LogP contribution in [0.5, 0.6) is 0 Å². The third-order valence-electron chi connectivity index (χ3n) is 4.75. The molecule has 2 heterocycles. The molecule has 1 unspecified atom stereocenters. The highest BCUT2D eigenvalue weighted by Gasteiger charge is 2.21. The maximum absolute atomic E-state index is 13.2. The van der Waals surface area contributed by atoms with Gasteiger partial charge in [-0.3, -0.25) is 14.6 Å². The van der Waals surface area contributed by atoms with Crippen LogP contribution in [0.4, 0.5) is 10.1 Å². The number of β-amino-alcohol motifs (C(OH)–C–C–N with tert-alkyl or cyclic N) is 1. The lowest BCUT2D eigenvalue weighted by molar-refractivity contribution is 0.0146. The van der Waals surface area contributed by atoms with Crippen molar-refractivity contribution in [2.45, 2.75) is 12.6 Å². The molecule has 1 amide bonds.